The largest absolute Gasteiger partial charge is 0.489 e. The van der Waals surface area contributed by atoms with Gasteiger partial charge in [-0.2, -0.15) is 0 Å². The molecule has 7 nitrogen and oxygen atoms in total. The molecule has 0 heterocycles. The molecule has 7 heteroatoms. The monoisotopic (exact) mass is 572 g/mol. The molecule has 0 aromatic heterocycles. The molecule has 3 aromatic carbocycles. The van der Waals surface area contributed by atoms with Gasteiger partial charge in [0.05, 0.1) is 6.54 Å². The summed E-state index contributed by atoms with van der Waals surface area (Å²) in [7, 11) is 0. The standard InChI is InChI=1S/C35H44N2O5/c1-2-3-4-5-6-7-8-9-10-14-24-36-33(38)30-22-20-28(21-23-30)26-37(34(39)35(40)41)31-18-15-19-32(25-31)42-27-29-16-12-11-13-17-29/h11-13,15-23,25H,2-10,14,24,26-27H2,1H3,(H,36,38)(H,40,41). The SMILES string of the molecule is CCCCCCCCCCCCNC(=O)c1ccc(CN(C(=O)C(=O)O)c2cccc(OCc3ccccc3)c2)cc1. The van der Waals surface area contributed by atoms with Crippen LogP contribution < -0.4 is 15.0 Å². The first-order valence-corrected chi connectivity index (χ1v) is 15.2. The molecule has 224 valence electrons. The lowest BCUT2D eigenvalue weighted by Gasteiger charge is -2.22. The molecule has 0 aliphatic carbocycles. The summed E-state index contributed by atoms with van der Waals surface area (Å²) in [5.74, 6) is -2.21. The molecule has 3 rings (SSSR count). The number of amides is 2. The van der Waals surface area contributed by atoms with Crippen molar-refractivity contribution in [2.75, 3.05) is 11.4 Å². The number of carbonyl (C=O) groups excluding carboxylic acids is 2. The molecule has 0 saturated carbocycles. The van der Waals surface area contributed by atoms with Crippen LogP contribution in [0.1, 0.15) is 92.6 Å². The number of nitrogens with zero attached hydrogens (tertiary/aromatic N) is 1. The first-order valence-electron chi connectivity index (χ1n) is 15.2. The normalized spacial score (nSPS) is 10.7. The van der Waals surface area contributed by atoms with Gasteiger partial charge in [0.1, 0.15) is 12.4 Å². The molecule has 0 unspecified atom stereocenters. The van der Waals surface area contributed by atoms with Gasteiger partial charge in [0.2, 0.25) is 0 Å². The zero-order chi connectivity index (χ0) is 30.0. The van der Waals surface area contributed by atoms with Crippen LogP contribution in [0.2, 0.25) is 0 Å². The third-order valence-corrected chi connectivity index (χ3v) is 7.18. The van der Waals surface area contributed by atoms with E-state index < -0.39 is 11.9 Å². The van der Waals surface area contributed by atoms with E-state index in [4.69, 9.17) is 4.74 Å². The van der Waals surface area contributed by atoms with Crippen LogP contribution in [-0.2, 0) is 22.7 Å². The number of carboxylic acid groups (broad SMARTS) is 1. The zero-order valence-electron chi connectivity index (χ0n) is 24.7. The van der Waals surface area contributed by atoms with Crippen molar-refractivity contribution in [3.8, 4) is 5.75 Å². The Morgan fingerprint density at radius 2 is 1.38 bits per heavy atom. The molecule has 2 amide bonds. The minimum atomic E-state index is -1.55. The Morgan fingerprint density at radius 3 is 2.02 bits per heavy atom. The molecule has 0 aliphatic rings. The van der Waals surface area contributed by atoms with Crippen LogP contribution in [0.4, 0.5) is 5.69 Å². The Bertz CT molecular complexity index is 1240. The van der Waals surface area contributed by atoms with Crippen molar-refractivity contribution in [2.24, 2.45) is 0 Å². The van der Waals surface area contributed by atoms with E-state index in [2.05, 4.69) is 12.2 Å². The van der Waals surface area contributed by atoms with E-state index in [1.54, 1.807) is 48.5 Å². The van der Waals surface area contributed by atoms with Gasteiger partial charge in [0.15, 0.2) is 0 Å². The molecule has 2 N–H and O–H groups in total. The lowest BCUT2D eigenvalue weighted by molar-refractivity contribution is -0.148. The van der Waals surface area contributed by atoms with Crippen LogP contribution >= 0.6 is 0 Å². The van der Waals surface area contributed by atoms with Crippen molar-refractivity contribution in [3.05, 3.63) is 95.6 Å². The summed E-state index contributed by atoms with van der Waals surface area (Å²) in [6, 6.07) is 23.4. The Labute approximate surface area is 249 Å². The second-order valence-corrected chi connectivity index (χ2v) is 10.6. The summed E-state index contributed by atoms with van der Waals surface area (Å²) >= 11 is 0. The number of carbonyl (C=O) groups is 3. The molecular weight excluding hydrogens is 528 g/mol. The van der Waals surface area contributed by atoms with Gasteiger partial charge in [0.25, 0.3) is 5.91 Å². The van der Waals surface area contributed by atoms with Crippen molar-refractivity contribution in [2.45, 2.75) is 84.3 Å². The van der Waals surface area contributed by atoms with Gasteiger partial charge in [-0.3, -0.25) is 14.5 Å². The second kappa shape index (κ2) is 18.3. The number of aliphatic carboxylic acids is 1. The van der Waals surface area contributed by atoms with E-state index >= 15 is 0 Å². The fourth-order valence-corrected chi connectivity index (χ4v) is 4.74. The zero-order valence-corrected chi connectivity index (χ0v) is 24.7. The van der Waals surface area contributed by atoms with Gasteiger partial charge in [-0.25, -0.2) is 4.79 Å². The lowest BCUT2D eigenvalue weighted by Crippen LogP contribution is -2.36. The maximum absolute atomic E-state index is 12.6. The highest BCUT2D eigenvalue weighted by Crippen LogP contribution is 2.24. The molecule has 0 aliphatic heterocycles. The van der Waals surface area contributed by atoms with Crippen molar-refractivity contribution >= 4 is 23.5 Å². The first-order chi connectivity index (χ1) is 20.5. The Morgan fingerprint density at radius 1 is 0.738 bits per heavy atom. The number of rotatable bonds is 18. The van der Waals surface area contributed by atoms with Crippen molar-refractivity contribution in [3.63, 3.8) is 0 Å². The van der Waals surface area contributed by atoms with Gasteiger partial charge in [-0.1, -0.05) is 113 Å². The average Bonchev–Trinajstić information content (AvgIpc) is 3.02. The third kappa shape index (κ3) is 11.4. The summed E-state index contributed by atoms with van der Waals surface area (Å²) in [4.78, 5) is 38.0. The number of hydrogen-bond acceptors (Lipinski definition) is 4. The number of benzene rings is 3. The minimum Gasteiger partial charge on any atom is -0.489 e. The molecule has 0 saturated heterocycles. The van der Waals surface area contributed by atoms with E-state index in [0.29, 0.717) is 35.7 Å². The van der Waals surface area contributed by atoms with Crippen LogP contribution in [-0.4, -0.2) is 29.4 Å². The van der Waals surface area contributed by atoms with E-state index in [-0.39, 0.29) is 12.5 Å². The Balaban J connectivity index is 1.49. The van der Waals surface area contributed by atoms with Crippen molar-refractivity contribution in [1.29, 1.82) is 0 Å². The van der Waals surface area contributed by atoms with E-state index in [1.807, 2.05) is 30.3 Å². The molecule has 3 aromatic rings. The average molecular weight is 573 g/mol. The van der Waals surface area contributed by atoms with E-state index in [9.17, 15) is 19.5 Å². The number of anilines is 1. The first kappa shape index (κ1) is 32.4. The van der Waals surface area contributed by atoms with E-state index in [0.717, 1.165) is 18.4 Å². The molecule has 42 heavy (non-hydrogen) atoms. The van der Waals surface area contributed by atoms with Crippen LogP contribution in [0.5, 0.6) is 5.75 Å². The molecule has 0 spiro atoms. The molecule has 0 fully saturated rings. The van der Waals surface area contributed by atoms with Gasteiger partial charge >= 0.3 is 11.9 Å². The number of carboxylic acids is 1. The maximum atomic E-state index is 12.6. The van der Waals surface area contributed by atoms with Crippen LogP contribution in [0.15, 0.2) is 78.9 Å². The molecule has 0 radical (unpaired) electrons. The number of hydrogen-bond donors (Lipinski definition) is 2. The molecular formula is C35H44N2O5. The fourth-order valence-electron chi connectivity index (χ4n) is 4.74. The predicted molar refractivity (Wildman–Crippen MR) is 167 cm³/mol. The van der Waals surface area contributed by atoms with Crippen molar-refractivity contribution in [1.82, 2.24) is 5.32 Å². The smallest absolute Gasteiger partial charge is 0.394 e. The Hall–Kier alpha value is -4.13. The maximum Gasteiger partial charge on any atom is 0.394 e. The minimum absolute atomic E-state index is 0.0355. The highest BCUT2D eigenvalue weighted by Gasteiger charge is 2.23. The Kier molecular flexibility index (Phi) is 14.1. The summed E-state index contributed by atoms with van der Waals surface area (Å²) in [6.45, 7) is 3.26. The summed E-state index contributed by atoms with van der Waals surface area (Å²) in [5, 5.41) is 12.4. The van der Waals surface area contributed by atoms with Gasteiger partial charge in [-0.15, -0.1) is 0 Å². The summed E-state index contributed by atoms with van der Waals surface area (Å²) < 4.78 is 5.87. The van der Waals surface area contributed by atoms with Crippen molar-refractivity contribution < 1.29 is 24.2 Å². The van der Waals surface area contributed by atoms with E-state index in [1.165, 1.54) is 56.3 Å². The van der Waals surface area contributed by atoms with Gasteiger partial charge < -0.3 is 15.2 Å². The number of unbranched alkanes of at least 4 members (excludes halogenated alkanes) is 9. The van der Waals surface area contributed by atoms with Crippen LogP contribution in [0.25, 0.3) is 0 Å². The highest BCUT2D eigenvalue weighted by atomic mass is 16.5. The molecule has 0 atom stereocenters. The third-order valence-electron chi connectivity index (χ3n) is 7.18. The topological polar surface area (TPSA) is 95.9 Å². The van der Waals surface area contributed by atoms with Crippen LogP contribution in [0, 0.1) is 0 Å². The van der Waals surface area contributed by atoms with Crippen LogP contribution in [0.3, 0.4) is 0 Å². The second-order valence-electron chi connectivity index (χ2n) is 10.6. The number of nitrogens with one attached hydrogen (secondary N) is 1. The predicted octanol–water partition coefficient (Wildman–Crippen LogP) is 7.53. The quantitative estimate of drug-likeness (QED) is 0.121. The summed E-state index contributed by atoms with van der Waals surface area (Å²) in [6.07, 6.45) is 12.5. The lowest BCUT2D eigenvalue weighted by atomic mass is 10.1. The number of ether oxygens (including phenoxy) is 1. The summed E-state index contributed by atoms with van der Waals surface area (Å²) in [5.41, 5.74) is 2.63. The highest BCUT2D eigenvalue weighted by molar-refractivity contribution is 6.37. The van der Waals surface area contributed by atoms with Gasteiger partial charge in [-0.05, 0) is 41.8 Å². The van der Waals surface area contributed by atoms with Gasteiger partial charge in [0, 0.05) is 23.9 Å². The fraction of sp³-hybridized carbons (Fsp3) is 0.400. The molecule has 0 bridgehead atoms.